The number of esters is 1. The molecule has 0 fully saturated rings. The molecule has 1 heterocycles. The lowest BCUT2D eigenvalue weighted by Gasteiger charge is -2.06. The fourth-order valence-electron chi connectivity index (χ4n) is 2.46. The second kappa shape index (κ2) is 6.31. The van der Waals surface area contributed by atoms with E-state index in [1.165, 1.54) is 0 Å². The molecule has 0 saturated carbocycles. The Kier molecular flexibility index (Phi) is 4.05. The van der Waals surface area contributed by atoms with Gasteiger partial charge in [0.2, 0.25) is 0 Å². The monoisotopic (exact) mass is 311 g/mol. The van der Waals surface area contributed by atoms with Gasteiger partial charge in [-0.25, -0.2) is 4.79 Å². The first kappa shape index (κ1) is 14.8. The van der Waals surface area contributed by atoms with Crippen LogP contribution < -0.4 is 0 Å². The zero-order valence-corrected chi connectivity index (χ0v) is 12.1. The van der Waals surface area contributed by atoms with Crippen molar-refractivity contribution in [2.75, 3.05) is 6.61 Å². The zero-order valence-electron chi connectivity index (χ0n) is 12.1. The van der Waals surface area contributed by atoms with Crippen molar-refractivity contribution in [2.45, 2.75) is 6.61 Å². The minimum absolute atomic E-state index is 0.104. The molecule has 0 bridgehead atoms. The molecule has 0 N–H and O–H groups in total. The van der Waals surface area contributed by atoms with Crippen molar-refractivity contribution < 1.29 is 19.5 Å². The van der Waals surface area contributed by atoms with Crippen molar-refractivity contribution >= 4 is 17.1 Å². The van der Waals surface area contributed by atoms with Crippen LogP contribution in [0.2, 0.25) is 0 Å². The minimum atomic E-state index is -0.826. The zero-order chi connectivity index (χ0) is 16.2. The van der Waals surface area contributed by atoms with Crippen LogP contribution >= 0.6 is 0 Å². The van der Waals surface area contributed by atoms with E-state index in [2.05, 4.69) is 4.84 Å². The number of carbonyl (C=O) groups excluding carboxylic acids is 1. The van der Waals surface area contributed by atoms with Gasteiger partial charge in [0.1, 0.15) is 13.2 Å². The number of nitrogens with zero attached hydrogens (tertiary/aromatic N) is 1. The minimum Gasteiger partial charge on any atom is -0.457 e. The number of benzene rings is 2. The highest BCUT2D eigenvalue weighted by atomic mass is 16.9. The van der Waals surface area contributed by atoms with Crippen LogP contribution in [0.3, 0.4) is 0 Å². The van der Waals surface area contributed by atoms with E-state index in [4.69, 9.17) is 4.74 Å². The van der Waals surface area contributed by atoms with E-state index in [0.29, 0.717) is 11.1 Å². The van der Waals surface area contributed by atoms with Crippen LogP contribution in [0.1, 0.15) is 16.7 Å². The highest BCUT2D eigenvalue weighted by molar-refractivity contribution is 6.27. The van der Waals surface area contributed by atoms with Crippen molar-refractivity contribution in [3.63, 3.8) is 0 Å². The smallest absolute Gasteiger partial charge is 0.339 e. The fourth-order valence-corrected chi connectivity index (χ4v) is 2.46. The van der Waals surface area contributed by atoms with Crippen molar-refractivity contribution in [3.05, 3.63) is 81.4 Å². The molecule has 6 heteroatoms. The van der Waals surface area contributed by atoms with Crippen LogP contribution in [0.25, 0.3) is 11.1 Å². The Morgan fingerprint density at radius 1 is 1.04 bits per heavy atom. The molecule has 1 aliphatic heterocycles. The standard InChI is InChI=1S/C17H13NO5/c19-17-16(14-4-2-1-3-5-14)15(11-22-17)13-8-6-12(7-9-13)10-23-18(20)21/h1-9H,10-11H2. The third kappa shape index (κ3) is 3.21. The Morgan fingerprint density at radius 2 is 1.74 bits per heavy atom. The quantitative estimate of drug-likeness (QED) is 0.482. The van der Waals surface area contributed by atoms with Gasteiger partial charge in [-0.05, 0) is 16.7 Å². The molecular formula is C17H13NO5. The lowest BCUT2D eigenvalue weighted by atomic mass is 9.96. The highest BCUT2D eigenvalue weighted by Gasteiger charge is 2.26. The summed E-state index contributed by atoms with van der Waals surface area (Å²) in [5.74, 6) is -0.341. The summed E-state index contributed by atoms with van der Waals surface area (Å²) in [5.41, 5.74) is 3.70. The number of rotatable bonds is 5. The van der Waals surface area contributed by atoms with E-state index in [-0.39, 0.29) is 19.2 Å². The molecule has 0 radical (unpaired) electrons. The molecule has 0 aliphatic carbocycles. The molecule has 0 saturated heterocycles. The van der Waals surface area contributed by atoms with E-state index in [9.17, 15) is 14.9 Å². The number of ether oxygens (including phenoxy) is 1. The van der Waals surface area contributed by atoms with Crippen LogP contribution in [0.5, 0.6) is 0 Å². The number of cyclic esters (lactones) is 1. The van der Waals surface area contributed by atoms with E-state index in [1.54, 1.807) is 24.3 Å². The molecule has 6 nitrogen and oxygen atoms in total. The Hall–Kier alpha value is -3.15. The molecule has 2 aromatic rings. The number of hydrogen-bond acceptors (Lipinski definition) is 5. The summed E-state index contributed by atoms with van der Waals surface area (Å²) in [5, 5.41) is 9.38. The lowest BCUT2D eigenvalue weighted by molar-refractivity contribution is -0.763. The van der Waals surface area contributed by atoms with Gasteiger partial charge in [0, 0.05) is 5.57 Å². The molecule has 0 atom stereocenters. The van der Waals surface area contributed by atoms with Gasteiger partial charge in [-0.2, -0.15) is 0 Å². The Bertz CT molecular complexity index is 765. The second-order valence-electron chi connectivity index (χ2n) is 4.99. The van der Waals surface area contributed by atoms with Gasteiger partial charge in [0.05, 0.1) is 5.57 Å². The summed E-state index contributed by atoms with van der Waals surface area (Å²) in [6.07, 6.45) is 0. The maximum absolute atomic E-state index is 12.0. The molecule has 116 valence electrons. The second-order valence-corrected chi connectivity index (χ2v) is 4.99. The maximum atomic E-state index is 12.0. The summed E-state index contributed by atoms with van der Waals surface area (Å²) in [6.45, 7) is 0.112. The lowest BCUT2D eigenvalue weighted by Crippen LogP contribution is -2.00. The first-order valence-electron chi connectivity index (χ1n) is 6.97. The van der Waals surface area contributed by atoms with E-state index < -0.39 is 5.09 Å². The van der Waals surface area contributed by atoms with E-state index >= 15 is 0 Å². The van der Waals surface area contributed by atoms with Crippen molar-refractivity contribution in [1.29, 1.82) is 0 Å². The fraction of sp³-hybridized carbons (Fsp3) is 0.118. The number of carbonyl (C=O) groups is 1. The third-order valence-electron chi connectivity index (χ3n) is 3.55. The molecule has 0 unspecified atom stereocenters. The van der Waals surface area contributed by atoms with Gasteiger partial charge in [-0.3, -0.25) is 0 Å². The Morgan fingerprint density at radius 3 is 2.39 bits per heavy atom. The molecule has 2 aromatic carbocycles. The molecule has 0 amide bonds. The van der Waals surface area contributed by atoms with E-state index in [1.807, 2.05) is 30.3 Å². The molecule has 0 spiro atoms. The van der Waals surface area contributed by atoms with Crippen LogP contribution in [-0.2, 0) is 21.0 Å². The largest absolute Gasteiger partial charge is 0.457 e. The summed E-state index contributed by atoms with van der Waals surface area (Å²) in [4.78, 5) is 26.6. The summed E-state index contributed by atoms with van der Waals surface area (Å²) in [7, 11) is 0. The first-order chi connectivity index (χ1) is 11.1. The van der Waals surface area contributed by atoms with Crippen molar-refractivity contribution in [1.82, 2.24) is 0 Å². The predicted molar refractivity (Wildman–Crippen MR) is 82.4 cm³/mol. The topological polar surface area (TPSA) is 78.7 Å². The first-order valence-corrected chi connectivity index (χ1v) is 6.97. The van der Waals surface area contributed by atoms with Gasteiger partial charge in [0.15, 0.2) is 0 Å². The van der Waals surface area contributed by atoms with E-state index in [0.717, 1.165) is 16.7 Å². The molecule has 0 aromatic heterocycles. The van der Waals surface area contributed by atoms with Gasteiger partial charge in [-0.15, -0.1) is 10.1 Å². The Labute approximate surface area is 132 Å². The normalized spacial score (nSPS) is 13.8. The van der Waals surface area contributed by atoms with Crippen LogP contribution in [0.15, 0.2) is 54.6 Å². The van der Waals surface area contributed by atoms with Gasteiger partial charge < -0.3 is 9.57 Å². The third-order valence-corrected chi connectivity index (χ3v) is 3.55. The molecular weight excluding hydrogens is 298 g/mol. The number of hydrogen-bond donors (Lipinski definition) is 0. The van der Waals surface area contributed by atoms with Crippen molar-refractivity contribution in [2.24, 2.45) is 0 Å². The summed E-state index contributed by atoms with van der Waals surface area (Å²) in [6, 6.07) is 16.4. The van der Waals surface area contributed by atoms with Crippen molar-refractivity contribution in [3.8, 4) is 0 Å². The summed E-state index contributed by atoms with van der Waals surface area (Å²) >= 11 is 0. The Balaban J connectivity index is 1.91. The molecule has 1 aliphatic rings. The molecule has 23 heavy (non-hydrogen) atoms. The average molecular weight is 311 g/mol. The van der Waals surface area contributed by atoms with Crippen LogP contribution in [-0.4, -0.2) is 17.7 Å². The van der Waals surface area contributed by atoms with Gasteiger partial charge in [-0.1, -0.05) is 54.6 Å². The van der Waals surface area contributed by atoms with Gasteiger partial charge in [0.25, 0.3) is 5.09 Å². The van der Waals surface area contributed by atoms with Crippen LogP contribution in [0.4, 0.5) is 0 Å². The average Bonchev–Trinajstić information content (AvgIpc) is 2.96. The molecule has 3 rings (SSSR count). The highest BCUT2D eigenvalue weighted by Crippen LogP contribution is 2.32. The van der Waals surface area contributed by atoms with Crippen LogP contribution in [0, 0.1) is 10.1 Å². The van der Waals surface area contributed by atoms with Gasteiger partial charge >= 0.3 is 5.97 Å². The SMILES string of the molecule is O=C1OCC(c2ccc(CO[N+](=O)[O-])cc2)=C1c1ccccc1. The summed E-state index contributed by atoms with van der Waals surface area (Å²) < 4.78 is 5.17. The predicted octanol–water partition coefficient (Wildman–Crippen LogP) is 2.86. The maximum Gasteiger partial charge on any atom is 0.339 e.